The Balaban J connectivity index is 0.00000364. The predicted octanol–water partition coefficient (Wildman–Crippen LogP) is 6.20. The van der Waals surface area contributed by atoms with Crippen molar-refractivity contribution in [3.05, 3.63) is 46.1 Å². The number of hydrogen-bond acceptors (Lipinski definition) is 4. The number of furan rings is 1. The van der Waals surface area contributed by atoms with E-state index in [9.17, 15) is 4.79 Å². The Morgan fingerprint density at radius 1 is 1.15 bits per heavy atom. The maximum atomic E-state index is 12.3. The number of esters is 1. The van der Waals surface area contributed by atoms with Crippen LogP contribution in [0.2, 0.25) is 10.0 Å². The molecule has 0 aliphatic rings. The van der Waals surface area contributed by atoms with Gasteiger partial charge in [-0.05, 0) is 37.4 Å². The first-order valence-corrected chi connectivity index (χ1v) is 9.46. The van der Waals surface area contributed by atoms with Gasteiger partial charge in [0.05, 0.1) is 16.7 Å². The molecule has 0 spiro atoms. The van der Waals surface area contributed by atoms with Gasteiger partial charge >= 0.3 is 5.97 Å². The van der Waals surface area contributed by atoms with Crippen molar-refractivity contribution in [3.63, 3.8) is 0 Å². The molecule has 150 valence electrons. The summed E-state index contributed by atoms with van der Waals surface area (Å²) in [7, 11) is 0. The van der Waals surface area contributed by atoms with Crippen LogP contribution >= 0.6 is 35.6 Å². The van der Waals surface area contributed by atoms with Gasteiger partial charge < -0.3 is 14.1 Å². The highest BCUT2D eigenvalue weighted by molar-refractivity contribution is 6.43. The van der Waals surface area contributed by atoms with E-state index in [4.69, 9.17) is 32.4 Å². The second-order valence-electron chi connectivity index (χ2n) is 6.97. The molecule has 0 fully saturated rings. The van der Waals surface area contributed by atoms with Gasteiger partial charge in [-0.25, -0.2) is 4.79 Å². The van der Waals surface area contributed by atoms with Crippen LogP contribution in [-0.4, -0.2) is 37.1 Å². The van der Waals surface area contributed by atoms with Gasteiger partial charge in [-0.2, -0.15) is 0 Å². The summed E-state index contributed by atoms with van der Waals surface area (Å²) in [6.45, 7) is 11.5. The lowest BCUT2D eigenvalue weighted by Crippen LogP contribution is -2.37. The Morgan fingerprint density at radius 3 is 2.44 bits per heavy atom. The fraction of sp³-hybridized carbons (Fsp3) is 0.450. The molecule has 4 nitrogen and oxygen atoms in total. The third kappa shape index (κ3) is 6.42. The van der Waals surface area contributed by atoms with Crippen LogP contribution < -0.4 is 0 Å². The molecule has 1 aromatic heterocycles. The molecule has 0 radical (unpaired) electrons. The van der Waals surface area contributed by atoms with Gasteiger partial charge in [0.15, 0.2) is 0 Å². The van der Waals surface area contributed by atoms with Gasteiger partial charge in [-0.15, -0.1) is 12.4 Å². The average molecular weight is 435 g/mol. The second kappa shape index (κ2) is 10.4. The first kappa shape index (κ1) is 23.8. The standard InChI is InChI=1S/C20H25Cl2NO3.ClH/c1-5-23(6-2)12-20(3,4)13-25-19(24)17-11-10-16(26-17)14-8-7-9-15(21)18(14)22;/h7-11H,5-6,12-13H2,1-4H3;1H. The molecule has 0 unspecified atom stereocenters. The molecular weight excluding hydrogens is 409 g/mol. The minimum absolute atomic E-state index is 0. The van der Waals surface area contributed by atoms with E-state index < -0.39 is 5.97 Å². The summed E-state index contributed by atoms with van der Waals surface area (Å²) in [5, 5.41) is 0.826. The van der Waals surface area contributed by atoms with Crippen molar-refractivity contribution in [2.45, 2.75) is 27.7 Å². The molecule has 27 heavy (non-hydrogen) atoms. The van der Waals surface area contributed by atoms with E-state index in [1.165, 1.54) is 0 Å². The molecule has 1 aromatic carbocycles. The van der Waals surface area contributed by atoms with Crippen molar-refractivity contribution in [2.75, 3.05) is 26.2 Å². The van der Waals surface area contributed by atoms with Gasteiger partial charge in [0, 0.05) is 17.5 Å². The molecule has 0 atom stereocenters. The van der Waals surface area contributed by atoms with Gasteiger partial charge in [0.2, 0.25) is 5.76 Å². The van der Waals surface area contributed by atoms with E-state index in [0.29, 0.717) is 28.0 Å². The van der Waals surface area contributed by atoms with Crippen LogP contribution in [-0.2, 0) is 4.74 Å². The van der Waals surface area contributed by atoms with E-state index in [0.717, 1.165) is 19.6 Å². The third-order valence-electron chi connectivity index (χ3n) is 4.16. The molecule has 0 aliphatic heterocycles. The maximum absolute atomic E-state index is 12.3. The number of nitrogens with zero attached hydrogens (tertiary/aromatic N) is 1. The minimum atomic E-state index is -0.484. The zero-order valence-electron chi connectivity index (χ0n) is 16.1. The lowest BCUT2D eigenvalue weighted by Gasteiger charge is -2.30. The summed E-state index contributed by atoms with van der Waals surface area (Å²) >= 11 is 12.2. The van der Waals surface area contributed by atoms with Crippen molar-refractivity contribution in [1.82, 2.24) is 4.90 Å². The Bertz CT molecular complexity index is 755. The molecule has 0 aliphatic carbocycles. The Kier molecular flexibility index (Phi) is 9.16. The smallest absolute Gasteiger partial charge is 0.374 e. The van der Waals surface area contributed by atoms with Crippen molar-refractivity contribution in [2.24, 2.45) is 5.41 Å². The molecule has 7 heteroatoms. The highest BCUT2D eigenvalue weighted by Gasteiger charge is 2.24. The van der Waals surface area contributed by atoms with Crippen LogP contribution in [0.5, 0.6) is 0 Å². The molecule has 0 saturated heterocycles. The molecule has 0 N–H and O–H groups in total. The molecule has 0 saturated carbocycles. The third-order valence-corrected chi connectivity index (χ3v) is 4.98. The van der Waals surface area contributed by atoms with Crippen molar-refractivity contribution in [3.8, 4) is 11.3 Å². The van der Waals surface area contributed by atoms with E-state index in [1.807, 2.05) is 0 Å². The summed E-state index contributed by atoms with van der Waals surface area (Å²) in [4.78, 5) is 14.6. The fourth-order valence-electron chi connectivity index (χ4n) is 2.72. The number of halogens is 3. The summed E-state index contributed by atoms with van der Waals surface area (Å²) < 4.78 is 11.1. The molecule has 0 amide bonds. The molecule has 2 aromatic rings. The van der Waals surface area contributed by atoms with E-state index in [-0.39, 0.29) is 23.6 Å². The van der Waals surface area contributed by atoms with Crippen LogP contribution in [0.25, 0.3) is 11.3 Å². The number of carbonyl (C=O) groups excluding carboxylic acids is 1. The van der Waals surface area contributed by atoms with E-state index in [2.05, 4.69) is 32.6 Å². The summed E-state index contributed by atoms with van der Waals surface area (Å²) in [5.41, 5.74) is 0.493. The molecule has 1 heterocycles. The number of benzene rings is 1. The predicted molar refractivity (Wildman–Crippen MR) is 113 cm³/mol. The number of ether oxygens (including phenoxy) is 1. The maximum Gasteiger partial charge on any atom is 0.374 e. The second-order valence-corrected chi connectivity index (χ2v) is 7.75. The highest BCUT2D eigenvalue weighted by atomic mass is 35.5. The van der Waals surface area contributed by atoms with Crippen LogP contribution in [0.4, 0.5) is 0 Å². The summed E-state index contributed by atoms with van der Waals surface area (Å²) in [6, 6.07) is 8.54. The first-order valence-electron chi connectivity index (χ1n) is 8.71. The lowest BCUT2D eigenvalue weighted by molar-refractivity contribution is 0.0243. The Labute approximate surface area is 177 Å². The van der Waals surface area contributed by atoms with Gasteiger partial charge in [-0.1, -0.05) is 57.0 Å². The largest absolute Gasteiger partial charge is 0.459 e. The average Bonchev–Trinajstić information content (AvgIpc) is 3.10. The van der Waals surface area contributed by atoms with Gasteiger partial charge in [-0.3, -0.25) is 0 Å². The quantitative estimate of drug-likeness (QED) is 0.464. The summed E-state index contributed by atoms with van der Waals surface area (Å²) in [5.74, 6) is 0.142. The van der Waals surface area contributed by atoms with Gasteiger partial charge in [0.25, 0.3) is 0 Å². The van der Waals surface area contributed by atoms with Crippen LogP contribution in [0.1, 0.15) is 38.2 Å². The normalized spacial score (nSPS) is 11.4. The Hall–Kier alpha value is -1.20. The van der Waals surface area contributed by atoms with Crippen molar-refractivity contribution in [1.29, 1.82) is 0 Å². The van der Waals surface area contributed by atoms with E-state index >= 15 is 0 Å². The monoisotopic (exact) mass is 433 g/mol. The molecular formula is C20H26Cl3NO3. The molecule has 2 rings (SSSR count). The lowest BCUT2D eigenvalue weighted by atomic mass is 9.94. The SMILES string of the molecule is CCN(CC)CC(C)(C)COC(=O)c1ccc(-c2cccc(Cl)c2Cl)o1.Cl. The van der Waals surface area contributed by atoms with E-state index in [1.54, 1.807) is 30.3 Å². The summed E-state index contributed by atoms with van der Waals surface area (Å²) in [6.07, 6.45) is 0. The van der Waals surface area contributed by atoms with Gasteiger partial charge in [0.1, 0.15) is 5.76 Å². The van der Waals surface area contributed by atoms with Crippen LogP contribution in [0, 0.1) is 5.41 Å². The van der Waals surface area contributed by atoms with Crippen molar-refractivity contribution >= 4 is 41.6 Å². The molecule has 0 bridgehead atoms. The van der Waals surface area contributed by atoms with Crippen LogP contribution in [0.3, 0.4) is 0 Å². The number of carbonyl (C=O) groups is 1. The number of rotatable bonds is 8. The zero-order chi connectivity index (χ0) is 19.3. The van der Waals surface area contributed by atoms with Crippen molar-refractivity contribution < 1.29 is 13.9 Å². The topological polar surface area (TPSA) is 42.7 Å². The van der Waals surface area contributed by atoms with Crippen LogP contribution in [0.15, 0.2) is 34.7 Å². The number of hydrogen-bond donors (Lipinski definition) is 0. The fourth-order valence-corrected chi connectivity index (χ4v) is 3.11. The minimum Gasteiger partial charge on any atom is -0.459 e. The first-order chi connectivity index (χ1) is 12.3. The highest BCUT2D eigenvalue weighted by Crippen LogP contribution is 2.34. The zero-order valence-corrected chi connectivity index (χ0v) is 18.4. The Morgan fingerprint density at radius 2 is 1.81 bits per heavy atom.